The van der Waals surface area contributed by atoms with Crippen molar-refractivity contribution in [3.05, 3.63) is 88.7 Å². The number of methoxy groups -OCH3 is 1. The van der Waals surface area contributed by atoms with Crippen molar-refractivity contribution in [2.24, 2.45) is 0 Å². The Bertz CT molecular complexity index is 1310. The van der Waals surface area contributed by atoms with E-state index in [1.807, 2.05) is 0 Å². The van der Waals surface area contributed by atoms with E-state index in [1.165, 1.54) is 37.6 Å². The van der Waals surface area contributed by atoms with Gasteiger partial charge in [-0.15, -0.1) is 13.2 Å². The summed E-state index contributed by atoms with van der Waals surface area (Å²) >= 11 is 6.25. The van der Waals surface area contributed by atoms with Gasteiger partial charge in [-0.3, -0.25) is 19.5 Å². The second-order valence-electron chi connectivity index (χ2n) is 7.31. The minimum Gasteiger partial charge on any atom is -0.507 e. The van der Waals surface area contributed by atoms with Crippen LogP contribution in [-0.4, -0.2) is 35.3 Å². The molecule has 1 aliphatic rings. The van der Waals surface area contributed by atoms with Crippen molar-refractivity contribution < 1.29 is 37.3 Å². The van der Waals surface area contributed by atoms with Crippen LogP contribution in [0.25, 0.3) is 5.76 Å². The van der Waals surface area contributed by atoms with Crippen molar-refractivity contribution in [1.29, 1.82) is 0 Å². The Morgan fingerprint density at radius 3 is 2.34 bits per heavy atom. The van der Waals surface area contributed by atoms with Crippen LogP contribution in [0.2, 0.25) is 5.02 Å². The number of nitrogens with zero attached hydrogens (tertiary/aromatic N) is 2. The van der Waals surface area contributed by atoms with E-state index in [1.54, 1.807) is 24.3 Å². The number of halogens is 4. The Morgan fingerprint density at radius 1 is 1.06 bits per heavy atom. The number of aromatic nitrogens is 1. The van der Waals surface area contributed by atoms with Crippen molar-refractivity contribution in [2.75, 3.05) is 12.0 Å². The molecule has 1 aliphatic heterocycles. The highest BCUT2D eigenvalue weighted by Crippen LogP contribution is 2.43. The van der Waals surface area contributed by atoms with E-state index in [9.17, 15) is 27.9 Å². The smallest absolute Gasteiger partial charge is 0.507 e. The maximum atomic E-state index is 13.1. The number of aliphatic hydroxyl groups excluding tert-OH is 1. The molecule has 180 valence electrons. The normalized spacial score (nSPS) is 17.5. The van der Waals surface area contributed by atoms with Crippen molar-refractivity contribution in [3.63, 3.8) is 0 Å². The van der Waals surface area contributed by atoms with Gasteiger partial charge >= 0.3 is 6.36 Å². The molecule has 1 amide bonds. The van der Waals surface area contributed by atoms with Crippen LogP contribution in [0.1, 0.15) is 17.3 Å². The molecular formula is C24H16ClF3N2O5. The zero-order chi connectivity index (χ0) is 25.3. The highest BCUT2D eigenvalue weighted by molar-refractivity contribution is 6.52. The highest BCUT2D eigenvalue weighted by atomic mass is 35.5. The van der Waals surface area contributed by atoms with Crippen LogP contribution < -0.4 is 14.4 Å². The summed E-state index contributed by atoms with van der Waals surface area (Å²) in [4.78, 5) is 31.5. The third-order valence-electron chi connectivity index (χ3n) is 5.19. The van der Waals surface area contributed by atoms with Crippen LogP contribution in [0, 0.1) is 0 Å². The number of amides is 1. The summed E-state index contributed by atoms with van der Waals surface area (Å²) in [6, 6.07) is 12.4. The van der Waals surface area contributed by atoms with Gasteiger partial charge in [-0.2, -0.15) is 0 Å². The van der Waals surface area contributed by atoms with Gasteiger partial charge in [-0.1, -0.05) is 17.7 Å². The van der Waals surface area contributed by atoms with Gasteiger partial charge in [0.25, 0.3) is 11.7 Å². The van der Waals surface area contributed by atoms with Gasteiger partial charge in [0.1, 0.15) is 23.3 Å². The van der Waals surface area contributed by atoms with Gasteiger partial charge in [0.05, 0.1) is 23.4 Å². The zero-order valence-corrected chi connectivity index (χ0v) is 18.7. The average Bonchev–Trinajstić information content (AvgIpc) is 3.09. The molecule has 1 atom stereocenters. The minimum absolute atomic E-state index is 0.0545. The number of pyridine rings is 1. The van der Waals surface area contributed by atoms with Gasteiger partial charge in [0, 0.05) is 17.4 Å². The maximum absolute atomic E-state index is 13.1. The number of ether oxygens (including phenoxy) is 2. The summed E-state index contributed by atoms with van der Waals surface area (Å²) in [6.07, 6.45) is -3.45. The Kier molecular flexibility index (Phi) is 6.40. The van der Waals surface area contributed by atoms with Crippen molar-refractivity contribution in [2.45, 2.75) is 12.4 Å². The average molecular weight is 505 g/mol. The number of benzene rings is 2. The molecule has 2 aromatic carbocycles. The number of hydrogen-bond donors (Lipinski definition) is 1. The van der Waals surface area contributed by atoms with Gasteiger partial charge in [0.2, 0.25) is 0 Å². The number of ketones is 1. The first-order chi connectivity index (χ1) is 16.6. The Morgan fingerprint density at radius 2 is 1.74 bits per heavy atom. The number of rotatable bonds is 5. The largest absolute Gasteiger partial charge is 0.573 e. The summed E-state index contributed by atoms with van der Waals surface area (Å²) in [6.45, 7) is 0. The van der Waals surface area contributed by atoms with Crippen LogP contribution in [-0.2, 0) is 9.59 Å². The van der Waals surface area contributed by atoms with Crippen LogP contribution in [0.4, 0.5) is 18.9 Å². The third-order valence-corrected chi connectivity index (χ3v) is 5.52. The molecule has 2 heterocycles. The first-order valence-corrected chi connectivity index (χ1v) is 10.4. The lowest BCUT2D eigenvalue weighted by atomic mass is 9.98. The van der Waals surface area contributed by atoms with Gasteiger partial charge in [0.15, 0.2) is 0 Å². The summed E-state index contributed by atoms with van der Waals surface area (Å²) < 4.78 is 46.6. The first-order valence-electron chi connectivity index (χ1n) is 10.0. The Hall–Kier alpha value is -4.05. The molecule has 0 saturated carbocycles. The van der Waals surface area contributed by atoms with Crippen LogP contribution in [0.15, 0.2) is 72.4 Å². The standard InChI is InChI=1S/C24H16ClF3N2O5/c1-34-15-9-10-17(25)16(12-15)21(31)19-20(18-4-2-3-11-29-18)30(23(33)22(19)32)13-5-7-14(8-6-13)35-24(26,27)28/h2-12,20,31H,1H3/b21-19+. The second kappa shape index (κ2) is 9.30. The quantitative estimate of drug-likeness (QED) is 0.289. The van der Waals surface area contributed by atoms with Crippen molar-refractivity contribution in [1.82, 2.24) is 4.98 Å². The summed E-state index contributed by atoms with van der Waals surface area (Å²) in [5.74, 6) is -2.74. The van der Waals surface area contributed by atoms with Gasteiger partial charge in [-0.25, -0.2) is 0 Å². The molecule has 1 N–H and O–H groups in total. The van der Waals surface area contributed by atoms with Crippen molar-refractivity contribution in [3.8, 4) is 11.5 Å². The molecule has 1 saturated heterocycles. The molecule has 35 heavy (non-hydrogen) atoms. The fourth-order valence-corrected chi connectivity index (χ4v) is 3.89. The topological polar surface area (TPSA) is 89.0 Å². The Balaban J connectivity index is 1.87. The first kappa shape index (κ1) is 24.1. The number of alkyl halides is 3. The molecule has 0 aliphatic carbocycles. The molecule has 0 radical (unpaired) electrons. The molecule has 11 heteroatoms. The molecule has 3 aromatic rings. The fourth-order valence-electron chi connectivity index (χ4n) is 3.68. The molecule has 7 nitrogen and oxygen atoms in total. The minimum atomic E-state index is -4.89. The molecule has 1 fully saturated rings. The monoisotopic (exact) mass is 504 g/mol. The van der Waals surface area contributed by atoms with Crippen LogP contribution in [0.3, 0.4) is 0 Å². The van der Waals surface area contributed by atoms with E-state index in [-0.39, 0.29) is 27.5 Å². The van der Waals surface area contributed by atoms with E-state index in [2.05, 4.69) is 9.72 Å². The molecule has 4 rings (SSSR count). The van der Waals surface area contributed by atoms with E-state index >= 15 is 0 Å². The van der Waals surface area contributed by atoms with E-state index in [0.717, 1.165) is 17.0 Å². The number of carbonyl (C=O) groups excluding carboxylic acids is 2. The molecule has 1 unspecified atom stereocenters. The lowest BCUT2D eigenvalue weighted by Gasteiger charge is -2.25. The number of aliphatic hydroxyl groups is 1. The van der Waals surface area contributed by atoms with Gasteiger partial charge < -0.3 is 14.6 Å². The second-order valence-corrected chi connectivity index (χ2v) is 7.72. The van der Waals surface area contributed by atoms with Crippen LogP contribution >= 0.6 is 11.6 Å². The summed E-state index contributed by atoms with van der Waals surface area (Å²) in [7, 11) is 1.41. The van der Waals surface area contributed by atoms with Crippen LogP contribution in [0.5, 0.6) is 11.5 Å². The lowest BCUT2D eigenvalue weighted by molar-refractivity contribution is -0.274. The van der Waals surface area contributed by atoms with Gasteiger partial charge in [-0.05, 0) is 54.6 Å². The Labute approximate surface area is 202 Å². The van der Waals surface area contributed by atoms with E-state index in [0.29, 0.717) is 5.75 Å². The zero-order valence-electron chi connectivity index (χ0n) is 17.9. The summed E-state index contributed by atoms with van der Waals surface area (Å²) in [5.41, 5.74) is 0.0919. The molecule has 0 spiro atoms. The number of hydrogen-bond acceptors (Lipinski definition) is 6. The molecular weight excluding hydrogens is 489 g/mol. The predicted octanol–water partition coefficient (Wildman–Crippen LogP) is 5.27. The molecule has 0 bridgehead atoms. The molecule has 1 aromatic heterocycles. The van der Waals surface area contributed by atoms with E-state index in [4.69, 9.17) is 16.3 Å². The summed E-state index contributed by atoms with van der Waals surface area (Å²) in [5, 5.41) is 11.2. The maximum Gasteiger partial charge on any atom is 0.573 e. The van der Waals surface area contributed by atoms with Crippen molar-refractivity contribution >= 4 is 34.7 Å². The SMILES string of the molecule is COc1ccc(Cl)c(/C(O)=C2\C(=O)C(=O)N(c3ccc(OC(F)(F)F)cc3)C2c2ccccn2)c1. The lowest BCUT2D eigenvalue weighted by Crippen LogP contribution is -2.29. The third kappa shape index (κ3) is 4.78. The highest BCUT2D eigenvalue weighted by Gasteiger charge is 2.48. The number of anilines is 1. The predicted molar refractivity (Wildman–Crippen MR) is 120 cm³/mol. The number of Topliss-reactive ketones (excluding diaryl/α,β-unsaturated/α-hetero) is 1. The number of carbonyl (C=O) groups is 2. The van der Waals surface area contributed by atoms with E-state index < -0.39 is 35.6 Å². The fraction of sp³-hybridized carbons (Fsp3) is 0.125.